The fourth-order valence-corrected chi connectivity index (χ4v) is 4.92. The van der Waals surface area contributed by atoms with Gasteiger partial charge in [0.05, 0.1) is 16.8 Å². The highest BCUT2D eigenvalue weighted by Gasteiger charge is 2.21. The molecule has 0 spiro atoms. The molecule has 0 aliphatic carbocycles. The van der Waals surface area contributed by atoms with Gasteiger partial charge in [-0.1, -0.05) is 72.8 Å². The number of pyridine rings is 1. The Labute approximate surface area is 202 Å². The van der Waals surface area contributed by atoms with Gasteiger partial charge in [-0.05, 0) is 48.9 Å². The highest BCUT2D eigenvalue weighted by Crippen LogP contribution is 2.39. The standard InChI is InChI=1S/C31H21N3O/c1-20-16-17-24(29-28(20)23-14-8-9-15-27(23)35-29)31-33-30-26(34(31)22-12-6-3-7-13-22)19-18-25(32-30)21-10-4-2-5-11-21/h2-19H,1H3. The zero-order valence-corrected chi connectivity index (χ0v) is 19.1. The van der Waals surface area contributed by atoms with Crippen molar-refractivity contribution in [3.63, 3.8) is 0 Å². The molecule has 0 unspecified atom stereocenters. The number of aromatic nitrogens is 3. The minimum Gasteiger partial charge on any atom is -0.455 e. The summed E-state index contributed by atoms with van der Waals surface area (Å²) in [6.45, 7) is 2.13. The van der Waals surface area contributed by atoms with Gasteiger partial charge in [-0.25, -0.2) is 9.97 Å². The minimum absolute atomic E-state index is 0.704. The molecule has 3 heterocycles. The molecule has 4 aromatic carbocycles. The van der Waals surface area contributed by atoms with Crippen molar-refractivity contribution in [1.29, 1.82) is 0 Å². The Balaban J connectivity index is 1.56. The molecule has 7 aromatic rings. The van der Waals surface area contributed by atoms with Gasteiger partial charge in [0.25, 0.3) is 0 Å². The Bertz CT molecular complexity index is 1850. The molecule has 0 saturated heterocycles. The lowest BCUT2D eigenvalue weighted by atomic mass is 10.0. The van der Waals surface area contributed by atoms with Crippen LogP contribution < -0.4 is 0 Å². The zero-order valence-electron chi connectivity index (χ0n) is 19.1. The van der Waals surface area contributed by atoms with Gasteiger partial charge in [-0.3, -0.25) is 4.57 Å². The van der Waals surface area contributed by atoms with Gasteiger partial charge in [-0.2, -0.15) is 0 Å². The SMILES string of the molecule is Cc1ccc(-c2nc3nc(-c4ccccc4)ccc3n2-c2ccccc2)c2oc3ccccc3c12. The number of hydrogen-bond donors (Lipinski definition) is 0. The summed E-state index contributed by atoms with van der Waals surface area (Å²) in [6.07, 6.45) is 0. The van der Waals surface area contributed by atoms with Crippen LogP contribution in [0.25, 0.3) is 61.4 Å². The maximum atomic E-state index is 6.43. The lowest BCUT2D eigenvalue weighted by molar-refractivity contribution is 0.669. The second-order valence-electron chi connectivity index (χ2n) is 8.74. The number of aryl methyl sites for hydroxylation is 1. The van der Waals surface area contributed by atoms with Gasteiger partial charge in [0.1, 0.15) is 11.2 Å². The van der Waals surface area contributed by atoms with Gasteiger partial charge in [0.15, 0.2) is 11.5 Å². The van der Waals surface area contributed by atoms with Crippen LogP contribution in [0.2, 0.25) is 0 Å². The molecule has 0 radical (unpaired) electrons. The van der Waals surface area contributed by atoms with E-state index in [9.17, 15) is 0 Å². The molecule has 0 aliphatic rings. The quantitative estimate of drug-likeness (QED) is 0.274. The first-order valence-corrected chi connectivity index (χ1v) is 11.7. The molecule has 4 heteroatoms. The van der Waals surface area contributed by atoms with Crippen molar-refractivity contribution in [2.24, 2.45) is 0 Å². The highest BCUT2D eigenvalue weighted by molar-refractivity contribution is 6.11. The van der Waals surface area contributed by atoms with E-state index in [0.717, 1.165) is 55.8 Å². The first kappa shape index (κ1) is 19.7. The predicted molar refractivity (Wildman–Crippen MR) is 142 cm³/mol. The van der Waals surface area contributed by atoms with Crippen molar-refractivity contribution in [3.05, 3.63) is 115 Å². The lowest BCUT2D eigenvalue weighted by Crippen LogP contribution is -1.98. The van der Waals surface area contributed by atoms with E-state index in [-0.39, 0.29) is 0 Å². The van der Waals surface area contributed by atoms with E-state index >= 15 is 0 Å². The summed E-state index contributed by atoms with van der Waals surface area (Å²) >= 11 is 0. The van der Waals surface area contributed by atoms with Crippen LogP contribution in [0.5, 0.6) is 0 Å². The lowest BCUT2D eigenvalue weighted by Gasteiger charge is -2.10. The molecule has 35 heavy (non-hydrogen) atoms. The Kier molecular flexibility index (Phi) is 4.33. The monoisotopic (exact) mass is 451 g/mol. The molecule has 0 saturated carbocycles. The summed E-state index contributed by atoms with van der Waals surface area (Å²) in [5.41, 5.74) is 8.52. The minimum atomic E-state index is 0.704. The summed E-state index contributed by atoms with van der Waals surface area (Å²) in [6, 6.07) is 37.1. The third-order valence-corrected chi connectivity index (χ3v) is 6.58. The van der Waals surface area contributed by atoms with E-state index in [1.807, 2.05) is 48.5 Å². The second kappa shape index (κ2) is 7.67. The van der Waals surface area contributed by atoms with Crippen LogP contribution in [0.15, 0.2) is 114 Å². The molecule has 0 atom stereocenters. The average Bonchev–Trinajstić information content (AvgIpc) is 3.49. The van der Waals surface area contributed by atoms with E-state index in [1.165, 1.54) is 5.56 Å². The van der Waals surface area contributed by atoms with Crippen molar-refractivity contribution in [2.45, 2.75) is 6.92 Å². The topological polar surface area (TPSA) is 43.9 Å². The van der Waals surface area contributed by atoms with E-state index in [2.05, 4.69) is 72.2 Å². The fourth-order valence-electron chi connectivity index (χ4n) is 4.92. The molecule has 4 nitrogen and oxygen atoms in total. The molecule has 3 aromatic heterocycles. The Morgan fingerprint density at radius 2 is 1.43 bits per heavy atom. The number of nitrogens with zero attached hydrogens (tertiary/aromatic N) is 3. The third-order valence-electron chi connectivity index (χ3n) is 6.58. The van der Waals surface area contributed by atoms with Crippen molar-refractivity contribution in [2.75, 3.05) is 0 Å². The number of fused-ring (bicyclic) bond motifs is 4. The van der Waals surface area contributed by atoms with E-state index in [0.29, 0.717) is 5.65 Å². The first-order chi connectivity index (χ1) is 17.3. The predicted octanol–water partition coefficient (Wildman–Crippen LogP) is 7.96. The van der Waals surface area contributed by atoms with Crippen molar-refractivity contribution in [3.8, 4) is 28.3 Å². The molecule has 166 valence electrons. The second-order valence-corrected chi connectivity index (χ2v) is 8.74. The number of furan rings is 1. The van der Waals surface area contributed by atoms with Gasteiger partial charge in [0.2, 0.25) is 0 Å². The molecule has 0 fully saturated rings. The van der Waals surface area contributed by atoms with Crippen LogP contribution in [-0.4, -0.2) is 14.5 Å². The van der Waals surface area contributed by atoms with Crippen molar-refractivity contribution < 1.29 is 4.42 Å². The van der Waals surface area contributed by atoms with Gasteiger partial charge in [-0.15, -0.1) is 0 Å². The molecule has 0 N–H and O–H groups in total. The number of rotatable bonds is 3. The van der Waals surface area contributed by atoms with Crippen molar-refractivity contribution >= 4 is 33.1 Å². The smallest absolute Gasteiger partial charge is 0.179 e. The zero-order chi connectivity index (χ0) is 23.4. The van der Waals surface area contributed by atoms with Crippen LogP contribution in [0.4, 0.5) is 0 Å². The average molecular weight is 452 g/mol. The number of hydrogen-bond acceptors (Lipinski definition) is 3. The van der Waals surface area contributed by atoms with Crippen molar-refractivity contribution in [1.82, 2.24) is 14.5 Å². The highest BCUT2D eigenvalue weighted by atomic mass is 16.3. The summed E-state index contributed by atoms with van der Waals surface area (Å²) < 4.78 is 8.60. The van der Waals surface area contributed by atoms with Crippen LogP contribution in [0.3, 0.4) is 0 Å². The molecule has 0 amide bonds. The van der Waals surface area contributed by atoms with Crippen LogP contribution >= 0.6 is 0 Å². The summed E-state index contributed by atoms with van der Waals surface area (Å²) in [7, 11) is 0. The Morgan fingerprint density at radius 3 is 2.26 bits per heavy atom. The summed E-state index contributed by atoms with van der Waals surface area (Å²) in [4.78, 5) is 10.0. The largest absolute Gasteiger partial charge is 0.455 e. The molecular weight excluding hydrogens is 430 g/mol. The Morgan fingerprint density at radius 1 is 0.686 bits per heavy atom. The van der Waals surface area contributed by atoms with Crippen LogP contribution in [-0.2, 0) is 0 Å². The van der Waals surface area contributed by atoms with E-state index in [1.54, 1.807) is 0 Å². The Hall–Kier alpha value is -4.70. The first-order valence-electron chi connectivity index (χ1n) is 11.7. The summed E-state index contributed by atoms with van der Waals surface area (Å²) in [5.74, 6) is 0.813. The fraction of sp³-hybridized carbons (Fsp3) is 0.0323. The third kappa shape index (κ3) is 3.07. The number of benzene rings is 4. The molecule has 0 bridgehead atoms. The van der Waals surface area contributed by atoms with Gasteiger partial charge in [0, 0.05) is 22.0 Å². The molecule has 7 rings (SSSR count). The normalized spacial score (nSPS) is 11.6. The summed E-state index contributed by atoms with van der Waals surface area (Å²) in [5, 5.41) is 2.25. The number of para-hydroxylation sites is 2. The van der Waals surface area contributed by atoms with Gasteiger partial charge >= 0.3 is 0 Å². The molecule has 0 aliphatic heterocycles. The maximum absolute atomic E-state index is 6.43. The van der Waals surface area contributed by atoms with E-state index < -0.39 is 0 Å². The maximum Gasteiger partial charge on any atom is 0.179 e. The van der Waals surface area contributed by atoms with Crippen LogP contribution in [0.1, 0.15) is 5.56 Å². The van der Waals surface area contributed by atoms with Gasteiger partial charge < -0.3 is 4.42 Å². The van der Waals surface area contributed by atoms with Crippen LogP contribution in [0, 0.1) is 6.92 Å². The molecular formula is C31H21N3O. The number of imidazole rings is 1. The van der Waals surface area contributed by atoms with E-state index in [4.69, 9.17) is 14.4 Å².